The lowest BCUT2D eigenvalue weighted by atomic mass is 9.88. The summed E-state index contributed by atoms with van der Waals surface area (Å²) in [6, 6.07) is 0. The van der Waals surface area contributed by atoms with Gasteiger partial charge in [0.2, 0.25) is 0 Å². The fraction of sp³-hybridized carbons (Fsp3) is 0.909. The molecule has 0 spiro atoms. The number of carbonyl (C=O) groups excluding carboxylic acids is 1. The largest absolute Gasteiger partial charge is 0.464 e. The molecule has 6 N–H and O–H groups in total. The molecular formula is C22H46N4O2. The van der Waals surface area contributed by atoms with Gasteiger partial charge < -0.3 is 21.9 Å². The summed E-state index contributed by atoms with van der Waals surface area (Å²) in [6.45, 7) is 5.36. The highest BCUT2D eigenvalue weighted by atomic mass is 16.5. The molecule has 0 bridgehead atoms. The first-order chi connectivity index (χ1) is 13.5. The Labute approximate surface area is 173 Å². The van der Waals surface area contributed by atoms with Gasteiger partial charge in [-0.2, -0.15) is 0 Å². The van der Waals surface area contributed by atoms with E-state index in [-0.39, 0.29) is 11.9 Å². The van der Waals surface area contributed by atoms with Gasteiger partial charge in [-0.15, -0.1) is 0 Å². The van der Waals surface area contributed by atoms with Gasteiger partial charge in [0.15, 0.2) is 5.96 Å². The van der Waals surface area contributed by atoms with E-state index in [0.29, 0.717) is 32.4 Å². The molecule has 6 nitrogen and oxygen atoms in total. The van der Waals surface area contributed by atoms with E-state index in [1.807, 2.05) is 0 Å². The van der Waals surface area contributed by atoms with E-state index in [1.165, 1.54) is 38.5 Å². The summed E-state index contributed by atoms with van der Waals surface area (Å²) in [5.74, 6) is -0.195. The number of esters is 1. The third kappa shape index (κ3) is 14.7. The Kier molecular flexibility index (Phi) is 16.9. The smallest absolute Gasteiger partial charge is 0.326 e. The SMILES string of the molecule is CCCCCCCCCCOC(=O)[C@](N)(CCCCCC)CCCN=C(N)N. The van der Waals surface area contributed by atoms with Crippen molar-refractivity contribution in [1.82, 2.24) is 0 Å². The normalized spacial score (nSPS) is 13.1. The van der Waals surface area contributed by atoms with E-state index in [0.717, 1.165) is 38.5 Å². The van der Waals surface area contributed by atoms with Crippen molar-refractivity contribution in [3.05, 3.63) is 0 Å². The van der Waals surface area contributed by atoms with E-state index in [2.05, 4.69) is 18.8 Å². The van der Waals surface area contributed by atoms with Crippen molar-refractivity contribution in [3.8, 4) is 0 Å². The predicted molar refractivity (Wildman–Crippen MR) is 119 cm³/mol. The summed E-state index contributed by atoms with van der Waals surface area (Å²) in [4.78, 5) is 16.6. The maximum atomic E-state index is 12.6. The molecule has 0 fully saturated rings. The van der Waals surface area contributed by atoms with Gasteiger partial charge in [-0.05, 0) is 25.7 Å². The van der Waals surface area contributed by atoms with Gasteiger partial charge >= 0.3 is 5.97 Å². The number of nitrogens with zero attached hydrogens (tertiary/aromatic N) is 1. The van der Waals surface area contributed by atoms with Crippen LogP contribution in [-0.4, -0.2) is 30.6 Å². The van der Waals surface area contributed by atoms with Crippen LogP contribution in [-0.2, 0) is 9.53 Å². The molecule has 166 valence electrons. The zero-order valence-electron chi connectivity index (χ0n) is 18.5. The molecule has 0 unspecified atom stereocenters. The minimum Gasteiger partial charge on any atom is -0.464 e. The van der Waals surface area contributed by atoms with Crippen LogP contribution in [0.15, 0.2) is 4.99 Å². The molecule has 0 saturated carbocycles. The molecule has 0 aliphatic heterocycles. The second-order valence-corrected chi connectivity index (χ2v) is 7.99. The van der Waals surface area contributed by atoms with Gasteiger partial charge in [0.25, 0.3) is 0 Å². The molecule has 0 aliphatic carbocycles. The van der Waals surface area contributed by atoms with Crippen LogP contribution >= 0.6 is 0 Å². The number of ether oxygens (including phenoxy) is 1. The second kappa shape index (κ2) is 17.8. The topological polar surface area (TPSA) is 117 Å². The van der Waals surface area contributed by atoms with E-state index in [1.54, 1.807) is 0 Å². The lowest BCUT2D eigenvalue weighted by molar-refractivity contribution is -0.151. The van der Waals surface area contributed by atoms with Crippen LogP contribution in [0, 0.1) is 0 Å². The fourth-order valence-electron chi connectivity index (χ4n) is 3.34. The number of carbonyl (C=O) groups is 1. The molecule has 0 amide bonds. The van der Waals surface area contributed by atoms with Crippen LogP contribution in [0.1, 0.15) is 110 Å². The predicted octanol–water partition coefficient (Wildman–Crippen LogP) is 4.39. The van der Waals surface area contributed by atoms with E-state index in [9.17, 15) is 4.79 Å². The van der Waals surface area contributed by atoms with Crippen molar-refractivity contribution in [2.75, 3.05) is 13.2 Å². The number of unbranched alkanes of at least 4 members (excludes halogenated alkanes) is 10. The molecule has 6 heteroatoms. The van der Waals surface area contributed by atoms with Gasteiger partial charge in [0.1, 0.15) is 5.54 Å². The third-order valence-electron chi connectivity index (χ3n) is 5.19. The molecule has 28 heavy (non-hydrogen) atoms. The maximum Gasteiger partial charge on any atom is 0.326 e. The first-order valence-corrected chi connectivity index (χ1v) is 11.5. The van der Waals surface area contributed by atoms with Gasteiger partial charge in [-0.1, -0.05) is 84.5 Å². The van der Waals surface area contributed by atoms with Gasteiger partial charge in [-0.3, -0.25) is 9.79 Å². The summed E-state index contributed by atoms with van der Waals surface area (Å²) in [5.41, 5.74) is 16.3. The molecule has 0 rings (SSSR count). The molecule has 1 atom stereocenters. The van der Waals surface area contributed by atoms with Gasteiger partial charge in [0.05, 0.1) is 6.61 Å². The van der Waals surface area contributed by atoms with Crippen LogP contribution in [0.3, 0.4) is 0 Å². The van der Waals surface area contributed by atoms with Crippen LogP contribution in [0.5, 0.6) is 0 Å². The van der Waals surface area contributed by atoms with Crippen molar-refractivity contribution in [2.24, 2.45) is 22.2 Å². The summed E-state index contributed by atoms with van der Waals surface area (Å²) in [6.07, 6.45) is 16.0. The molecule has 0 saturated heterocycles. The third-order valence-corrected chi connectivity index (χ3v) is 5.19. The van der Waals surface area contributed by atoms with Gasteiger partial charge in [0, 0.05) is 6.54 Å². The summed E-state index contributed by atoms with van der Waals surface area (Å²) in [5, 5.41) is 0. The highest BCUT2D eigenvalue weighted by molar-refractivity contribution is 5.80. The van der Waals surface area contributed by atoms with Crippen molar-refractivity contribution < 1.29 is 9.53 Å². The summed E-state index contributed by atoms with van der Waals surface area (Å²) in [7, 11) is 0. The Morgan fingerprint density at radius 3 is 1.86 bits per heavy atom. The number of nitrogens with two attached hydrogens (primary N) is 3. The Balaban J connectivity index is 4.21. The molecule has 0 heterocycles. The first kappa shape index (κ1) is 26.7. The number of hydrogen-bond donors (Lipinski definition) is 3. The molecule has 0 aromatic rings. The minimum atomic E-state index is -0.924. The van der Waals surface area contributed by atoms with Crippen LogP contribution in [0.2, 0.25) is 0 Å². The Morgan fingerprint density at radius 1 is 0.786 bits per heavy atom. The molecular weight excluding hydrogens is 352 g/mol. The Bertz CT molecular complexity index is 411. The monoisotopic (exact) mass is 398 g/mol. The summed E-state index contributed by atoms with van der Waals surface area (Å²) >= 11 is 0. The van der Waals surface area contributed by atoms with Crippen molar-refractivity contribution in [3.63, 3.8) is 0 Å². The molecule has 0 aromatic heterocycles. The highest BCUT2D eigenvalue weighted by Gasteiger charge is 2.34. The Hall–Kier alpha value is -1.30. The van der Waals surface area contributed by atoms with E-state index >= 15 is 0 Å². The zero-order chi connectivity index (χ0) is 21.1. The summed E-state index contributed by atoms with van der Waals surface area (Å²) < 4.78 is 5.54. The first-order valence-electron chi connectivity index (χ1n) is 11.5. The number of rotatable bonds is 19. The van der Waals surface area contributed by atoms with Crippen molar-refractivity contribution in [2.45, 2.75) is 116 Å². The lowest BCUT2D eigenvalue weighted by Gasteiger charge is -2.27. The van der Waals surface area contributed by atoms with E-state index < -0.39 is 5.54 Å². The van der Waals surface area contributed by atoms with Crippen LogP contribution in [0.4, 0.5) is 0 Å². The molecule has 0 aliphatic rings. The number of hydrogen-bond acceptors (Lipinski definition) is 4. The second-order valence-electron chi connectivity index (χ2n) is 7.99. The van der Waals surface area contributed by atoms with Gasteiger partial charge in [-0.25, -0.2) is 0 Å². The number of guanidine groups is 1. The van der Waals surface area contributed by atoms with Crippen LogP contribution in [0.25, 0.3) is 0 Å². The number of aliphatic imine (C=N–C) groups is 1. The van der Waals surface area contributed by atoms with Crippen molar-refractivity contribution in [1.29, 1.82) is 0 Å². The molecule has 0 radical (unpaired) electrons. The zero-order valence-corrected chi connectivity index (χ0v) is 18.5. The standard InChI is InChI=1S/C22H46N4O2/c1-3-5-7-9-10-11-12-14-19-28-20(27)22(25,16-13-8-6-4-2)17-15-18-26-21(23)24/h3-19,25H2,1-2H3,(H4,23,24,26)/t22-/m0/s1. The molecule has 0 aromatic carbocycles. The lowest BCUT2D eigenvalue weighted by Crippen LogP contribution is -2.49. The van der Waals surface area contributed by atoms with Crippen LogP contribution < -0.4 is 17.2 Å². The maximum absolute atomic E-state index is 12.6. The highest BCUT2D eigenvalue weighted by Crippen LogP contribution is 2.21. The minimum absolute atomic E-state index is 0.0721. The quantitative estimate of drug-likeness (QED) is 0.129. The average Bonchev–Trinajstić information content (AvgIpc) is 2.67. The Morgan fingerprint density at radius 2 is 1.29 bits per heavy atom. The average molecular weight is 399 g/mol. The van der Waals surface area contributed by atoms with Crippen molar-refractivity contribution >= 4 is 11.9 Å². The fourth-order valence-corrected chi connectivity index (χ4v) is 3.34. The van der Waals surface area contributed by atoms with E-state index in [4.69, 9.17) is 21.9 Å².